The standard InChI is InChI=1S/C8H16N/c1-3-8-4-5-9-6-7(8)2/h7-8H,3-6H2,1-2H3. The van der Waals surface area contributed by atoms with E-state index in [0.29, 0.717) is 0 Å². The van der Waals surface area contributed by atoms with Crippen molar-refractivity contribution in [3.8, 4) is 0 Å². The van der Waals surface area contributed by atoms with E-state index in [-0.39, 0.29) is 0 Å². The van der Waals surface area contributed by atoms with Crippen LogP contribution in [0.4, 0.5) is 0 Å². The quantitative estimate of drug-likeness (QED) is 0.507. The molecule has 1 heteroatoms. The fraction of sp³-hybridized carbons (Fsp3) is 1.00. The van der Waals surface area contributed by atoms with Gasteiger partial charge >= 0.3 is 0 Å². The molecule has 0 amide bonds. The molecule has 1 aliphatic rings. The van der Waals surface area contributed by atoms with Crippen molar-refractivity contribution in [2.24, 2.45) is 11.8 Å². The lowest BCUT2D eigenvalue weighted by atomic mass is 9.86. The maximum absolute atomic E-state index is 4.36. The van der Waals surface area contributed by atoms with E-state index in [1.165, 1.54) is 12.8 Å². The van der Waals surface area contributed by atoms with Crippen LogP contribution in [0.5, 0.6) is 0 Å². The third kappa shape index (κ3) is 1.68. The molecular weight excluding hydrogens is 110 g/mol. The van der Waals surface area contributed by atoms with Crippen LogP contribution >= 0.6 is 0 Å². The molecule has 0 aliphatic carbocycles. The van der Waals surface area contributed by atoms with E-state index in [2.05, 4.69) is 19.2 Å². The zero-order valence-corrected chi connectivity index (χ0v) is 6.43. The summed E-state index contributed by atoms with van der Waals surface area (Å²) in [7, 11) is 0. The fourth-order valence-electron chi connectivity index (χ4n) is 1.59. The Morgan fingerprint density at radius 1 is 1.56 bits per heavy atom. The summed E-state index contributed by atoms with van der Waals surface area (Å²) < 4.78 is 0. The van der Waals surface area contributed by atoms with Crippen molar-refractivity contribution in [2.75, 3.05) is 13.1 Å². The lowest BCUT2D eigenvalue weighted by Crippen LogP contribution is -2.29. The van der Waals surface area contributed by atoms with Crippen molar-refractivity contribution in [1.29, 1.82) is 0 Å². The lowest BCUT2D eigenvalue weighted by molar-refractivity contribution is 0.263. The third-order valence-corrected chi connectivity index (χ3v) is 2.40. The van der Waals surface area contributed by atoms with E-state index in [4.69, 9.17) is 0 Å². The summed E-state index contributed by atoms with van der Waals surface area (Å²) in [5.74, 6) is 1.81. The van der Waals surface area contributed by atoms with Gasteiger partial charge in [0.25, 0.3) is 0 Å². The van der Waals surface area contributed by atoms with Gasteiger partial charge in [0.2, 0.25) is 0 Å². The van der Waals surface area contributed by atoms with Gasteiger partial charge < -0.3 is 0 Å². The highest BCUT2D eigenvalue weighted by Gasteiger charge is 2.18. The molecule has 2 atom stereocenters. The molecule has 1 rings (SSSR count). The zero-order valence-electron chi connectivity index (χ0n) is 6.43. The minimum atomic E-state index is 0.851. The largest absolute Gasteiger partial charge is 0.241 e. The van der Waals surface area contributed by atoms with Gasteiger partial charge in [-0.05, 0) is 18.3 Å². The van der Waals surface area contributed by atoms with Gasteiger partial charge in [-0.1, -0.05) is 20.3 Å². The molecule has 1 aliphatic heterocycles. The number of rotatable bonds is 1. The van der Waals surface area contributed by atoms with Gasteiger partial charge in [0.1, 0.15) is 0 Å². The average Bonchev–Trinajstić information content (AvgIpc) is 1.89. The number of piperidine rings is 1. The van der Waals surface area contributed by atoms with Crippen molar-refractivity contribution in [3.63, 3.8) is 0 Å². The molecule has 0 spiro atoms. The molecule has 1 saturated heterocycles. The number of hydrogen-bond donors (Lipinski definition) is 0. The first-order valence-electron chi connectivity index (χ1n) is 3.97. The zero-order chi connectivity index (χ0) is 6.69. The summed E-state index contributed by atoms with van der Waals surface area (Å²) in [5, 5.41) is 4.36. The first-order chi connectivity index (χ1) is 4.34. The van der Waals surface area contributed by atoms with Crippen molar-refractivity contribution in [3.05, 3.63) is 0 Å². The van der Waals surface area contributed by atoms with Crippen molar-refractivity contribution in [1.82, 2.24) is 5.32 Å². The third-order valence-electron chi connectivity index (χ3n) is 2.40. The maximum atomic E-state index is 4.36. The van der Waals surface area contributed by atoms with Crippen molar-refractivity contribution >= 4 is 0 Å². The van der Waals surface area contributed by atoms with Crippen LogP contribution in [-0.2, 0) is 0 Å². The van der Waals surface area contributed by atoms with Crippen LogP contribution in [0, 0.1) is 11.8 Å². The Morgan fingerprint density at radius 3 is 2.78 bits per heavy atom. The molecule has 2 unspecified atom stereocenters. The van der Waals surface area contributed by atoms with E-state index in [1.807, 2.05) is 0 Å². The van der Waals surface area contributed by atoms with E-state index < -0.39 is 0 Å². The van der Waals surface area contributed by atoms with Gasteiger partial charge in [-0.15, -0.1) is 0 Å². The summed E-state index contributed by atoms with van der Waals surface area (Å²) in [6.07, 6.45) is 2.67. The Labute approximate surface area is 57.8 Å². The molecule has 1 radical (unpaired) electrons. The highest BCUT2D eigenvalue weighted by molar-refractivity contribution is 4.72. The van der Waals surface area contributed by atoms with E-state index in [1.54, 1.807) is 0 Å². The Balaban J connectivity index is 2.30. The monoisotopic (exact) mass is 126 g/mol. The second-order valence-corrected chi connectivity index (χ2v) is 3.06. The summed E-state index contributed by atoms with van der Waals surface area (Å²) >= 11 is 0. The summed E-state index contributed by atoms with van der Waals surface area (Å²) in [6, 6.07) is 0. The summed E-state index contributed by atoms with van der Waals surface area (Å²) in [4.78, 5) is 0. The molecule has 0 aromatic carbocycles. The van der Waals surface area contributed by atoms with Crippen LogP contribution < -0.4 is 5.32 Å². The molecule has 0 bridgehead atoms. The Morgan fingerprint density at radius 2 is 2.33 bits per heavy atom. The molecule has 0 N–H and O–H groups in total. The predicted molar refractivity (Wildman–Crippen MR) is 39.4 cm³/mol. The average molecular weight is 126 g/mol. The predicted octanol–water partition coefficient (Wildman–Crippen LogP) is 1.66. The van der Waals surface area contributed by atoms with Gasteiger partial charge in [-0.25, -0.2) is 5.32 Å². The Kier molecular flexibility index (Phi) is 2.52. The van der Waals surface area contributed by atoms with E-state index in [0.717, 1.165) is 24.9 Å². The molecule has 1 fully saturated rings. The van der Waals surface area contributed by atoms with Gasteiger partial charge in [0, 0.05) is 13.1 Å². The fourth-order valence-corrected chi connectivity index (χ4v) is 1.59. The Bertz CT molecular complexity index is 80.6. The number of hydrogen-bond acceptors (Lipinski definition) is 0. The second-order valence-electron chi connectivity index (χ2n) is 3.06. The van der Waals surface area contributed by atoms with Crippen LogP contribution in [0.3, 0.4) is 0 Å². The molecular formula is C8H16N. The molecule has 0 aromatic heterocycles. The van der Waals surface area contributed by atoms with Crippen LogP contribution in [0.2, 0.25) is 0 Å². The van der Waals surface area contributed by atoms with Crippen LogP contribution in [0.1, 0.15) is 26.7 Å². The van der Waals surface area contributed by atoms with Crippen molar-refractivity contribution in [2.45, 2.75) is 26.7 Å². The normalized spacial score (nSPS) is 36.7. The van der Waals surface area contributed by atoms with Crippen LogP contribution in [0.25, 0.3) is 0 Å². The summed E-state index contributed by atoms with van der Waals surface area (Å²) in [5.41, 5.74) is 0. The summed E-state index contributed by atoms with van der Waals surface area (Å²) in [6.45, 7) is 6.82. The van der Waals surface area contributed by atoms with Crippen LogP contribution in [0.15, 0.2) is 0 Å². The topological polar surface area (TPSA) is 14.1 Å². The molecule has 53 valence electrons. The highest BCUT2D eigenvalue weighted by Crippen LogP contribution is 2.21. The van der Waals surface area contributed by atoms with E-state index in [9.17, 15) is 0 Å². The minimum Gasteiger partial charge on any atom is -0.241 e. The SMILES string of the molecule is CCC1CC[N]CC1C. The molecule has 0 saturated carbocycles. The van der Waals surface area contributed by atoms with Crippen molar-refractivity contribution < 1.29 is 0 Å². The van der Waals surface area contributed by atoms with Gasteiger partial charge in [-0.3, -0.25) is 0 Å². The number of nitrogens with zero attached hydrogens (tertiary/aromatic N) is 1. The smallest absolute Gasteiger partial charge is 0.0161 e. The highest BCUT2D eigenvalue weighted by atomic mass is 14.9. The van der Waals surface area contributed by atoms with Gasteiger partial charge in [0.15, 0.2) is 0 Å². The van der Waals surface area contributed by atoms with E-state index >= 15 is 0 Å². The molecule has 1 nitrogen and oxygen atoms in total. The first-order valence-corrected chi connectivity index (χ1v) is 3.97. The first kappa shape index (κ1) is 7.07. The van der Waals surface area contributed by atoms with Gasteiger partial charge in [0.05, 0.1) is 0 Å². The molecule has 0 aromatic rings. The Hall–Kier alpha value is -0.0400. The molecule has 9 heavy (non-hydrogen) atoms. The lowest BCUT2D eigenvalue weighted by Gasteiger charge is -2.27. The second kappa shape index (κ2) is 3.21. The minimum absolute atomic E-state index is 0.851. The van der Waals surface area contributed by atoms with Crippen LogP contribution in [-0.4, -0.2) is 13.1 Å². The maximum Gasteiger partial charge on any atom is 0.0161 e. The van der Waals surface area contributed by atoms with Gasteiger partial charge in [-0.2, -0.15) is 0 Å². The molecule has 1 heterocycles.